The maximum absolute atomic E-state index is 13.7. The lowest BCUT2D eigenvalue weighted by Crippen LogP contribution is -2.40. The van der Waals surface area contributed by atoms with E-state index < -0.39 is 56.8 Å². The number of carbonyl (C=O) groups excluding carboxylic acids is 2. The lowest BCUT2D eigenvalue weighted by atomic mass is 10.1. The van der Waals surface area contributed by atoms with Crippen molar-refractivity contribution in [2.75, 3.05) is 13.2 Å². The number of nitrogens with two attached hydrogens (primary N) is 1. The Morgan fingerprint density at radius 2 is 1.90 bits per heavy atom. The normalized spacial score (nSPS) is 25.2. The second-order valence-electron chi connectivity index (χ2n) is 9.46. The summed E-state index contributed by atoms with van der Waals surface area (Å²) in [7, 11) is -4.21. The Morgan fingerprint density at radius 1 is 1.21 bits per heavy atom. The van der Waals surface area contributed by atoms with Gasteiger partial charge in [-0.15, -0.1) is 0 Å². The highest BCUT2D eigenvalue weighted by Gasteiger charge is 2.46. The zero-order valence-corrected chi connectivity index (χ0v) is 23.2. The zero-order chi connectivity index (χ0) is 28.6. The molecule has 13 heteroatoms. The van der Waals surface area contributed by atoms with E-state index in [0.717, 1.165) is 12.8 Å². The lowest BCUT2D eigenvalue weighted by Gasteiger charge is -2.28. The summed E-state index contributed by atoms with van der Waals surface area (Å²) in [6.07, 6.45) is 1.77. The van der Waals surface area contributed by atoms with Gasteiger partial charge in [0.25, 0.3) is 0 Å². The third-order valence-electron chi connectivity index (χ3n) is 6.57. The van der Waals surface area contributed by atoms with Gasteiger partial charge in [0.15, 0.2) is 6.23 Å². The molecule has 0 radical (unpaired) electrons. The van der Waals surface area contributed by atoms with Gasteiger partial charge in [-0.3, -0.25) is 14.1 Å². The molecular weight excluding hydrogens is 529 g/mol. The van der Waals surface area contributed by atoms with Crippen LogP contribution in [0.1, 0.15) is 40.0 Å². The summed E-state index contributed by atoms with van der Waals surface area (Å²) in [6.45, 7) is 5.28. The molecule has 2 heterocycles. The molecule has 39 heavy (non-hydrogen) atoms. The van der Waals surface area contributed by atoms with Gasteiger partial charge in [0.05, 0.1) is 13.2 Å². The number of ether oxygens (including phenoxy) is 2. The summed E-state index contributed by atoms with van der Waals surface area (Å²) in [5.41, 5.74) is 5.66. The van der Waals surface area contributed by atoms with Gasteiger partial charge in [-0.25, -0.2) is 4.57 Å². The fourth-order valence-electron chi connectivity index (χ4n) is 4.03. The maximum Gasteiger partial charge on any atom is 0.459 e. The number of primary amides is 1. The van der Waals surface area contributed by atoms with Crippen LogP contribution in [-0.2, 0) is 28.2 Å². The predicted octanol–water partition coefficient (Wildman–Crippen LogP) is 2.18. The highest BCUT2D eigenvalue weighted by molar-refractivity contribution is 7.52. The minimum absolute atomic E-state index is 0.216. The molecule has 1 fully saturated rings. The summed E-state index contributed by atoms with van der Waals surface area (Å²) in [4.78, 5) is 25.6. The molecule has 5 N–H and O–H groups in total. The van der Waals surface area contributed by atoms with Crippen molar-refractivity contribution in [3.63, 3.8) is 0 Å². The first kappa shape index (κ1) is 30.8. The highest BCUT2D eigenvalue weighted by atomic mass is 31.2. The van der Waals surface area contributed by atoms with E-state index >= 15 is 0 Å². The second-order valence-corrected chi connectivity index (χ2v) is 11.2. The van der Waals surface area contributed by atoms with Gasteiger partial charge in [0.1, 0.15) is 30.1 Å². The number of carbonyl (C=O) groups is 2. The maximum atomic E-state index is 13.7. The first-order chi connectivity index (χ1) is 18.6. The molecule has 0 spiro atoms. The molecule has 1 saturated heterocycles. The molecule has 1 aromatic carbocycles. The smallest absolute Gasteiger partial charge is 0.459 e. The average molecular weight is 568 g/mol. The van der Waals surface area contributed by atoms with E-state index in [-0.39, 0.29) is 18.3 Å². The number of hydrogen-bond donors (Lipinski definition) is 4. The number of esters is 1. The molecule has 1 aromatic rings. The van der Waals surface area contributed by atoms with Crippen LogP contribution in [0.15, 0.2) is 54.4 Å². The highest BCUT2D eigenvalue weighted by Crippen LogP contribution is 2.45. The molecule has 1 amide bonds. The number of hydrogen-bond acceptors (Lipinski definition) is 10. The lowest BCUT2D eigenvalue weighted by molar-refractivity contribution is -0.146. The molecule has 2 aliphatic rings. The average Bonchev–Trinajstić information content (AvgIpc) is 3.21. The van der Waals surface area contributed by atoms with Crippen molar-refractivity contribution in [1.29, 1.82) is 0 Å². The molecule has 0 aromatic heterocycles. The molecule has 0 saturated carbocycles. The number of allylic oxidation sites excluding steroid dienone is 1. The van der Waals surface area contributed by atoms with Gasteiger partial charge < -0.3 is 34.8 Å². The number of rotatable bonds is 14. The predicted molar refractivity (Wildman–Crippen MR) is 142 cm³/mol. The number of aliphatic hydroxyl groups excluding tert-OH is 2. The number of nitrogens with zero attached hydrogens (tertiary/aromatic N) is 1. The molecule has 3 rings (SSSR count). The number of benzene rings is 1. The van der Waals surface area contributed by atoms with Gasteiger partial charge in [-0.05, 0) is 31.4 Å². The quantitative estimate of drug-likeness (QED) is 0.192. The summed E-state index contributed by atoms with van der Waals surface area (Å²) in [5.74, 6) is -0.799. The van der Waals surface area contributed by atoms with Crippen LogP contribution in [0.2, 0.25) is 0 Å². The molecule has 0 bridgehead atoms. The van der Waals surface area contributed by atoms with Crippen LogP contribution in [-0.4, -0.2) is 70.8 Å². The van der Waals surface area contributed by atoms with Crippen molar-refractivity contribution >= 4 is 19.6 Å². The van der Waals surface area contributed by atoms with E-state index in [9.17, 15) is 24.4 Å². The topological polar surface area (TPSA) is 170 Å². The van der Waals surface area contributed by atoms with E-state index in [1.165, 1.54) is 18.0 Å². The van der Waals surface area contributed by atoms with Crippen molar-refractivity contribution in [1.82, 2.24) is 9.99 Å². The van der Waals surface area contributed by atoms with Gasteiger partial charge in [-0.2, -0.15) is 5.09 Å². The van der Waals surface area contributed by atoms with E-state index in [1.807, 2.05) is 13.8 Å². The number of para-hydroxylation sites is 1. The molecule has 2 aliphatic heterocycles. The number of amides is 1. The fourth-order valence-corrected chi connectivity index (χ4v) is 5.54. The van der Waals surface area contributed by atoms with Crippen LogP contribution in [0.25, 0.3) is 0 Å². The first-order valence-electron chi connectivity index (χ1n) is 13.0. The van der Waals surface area contributed by atoms with Crippen molar-refractivity contribution in [2.24, 2.45) is 11.7 Å². The van der Waals surface area contributed by atoms with Crippen LogP contribution < -0.4 is 15.3 Å². The van der Waals surface area contributed by atoms with Gasteiger partial charge in [0, 0.05) is 18.0 Å². The third kappa shape index (κ3) is 8.38. The zero-order valence-electron chi connectivity index (χ0n) is 22.3. The van der Waals surface area contributed by atoms with Gasteiger partial charge >= 0.3 is 13.7 Å². The van der Waals surface area contributed by atoms with E-state index in [1.54, 1.807) is 42.6 Å². The molecule has 1 unspecified atom stereocenters. The first-order valence-corrected chi connectivity index (χ1v) is 14.5. The largest absolute Gasteiger partial charge is 0.464 e. The van der Waals surface area contributed by atoms with Crippen molar-refractivity contribution < 1.29 is 42.9 Å². The van der Waals surface area contributed by atoms with E-state index in [0.29, 0.717) is 12.0 Å². The van der Waals surface area contributed by atoms with E-state index in [2.05, 4.69) is 5.09 Å². The van der Waals surface area contributed by atoms with Crippen LogP contribution in [0.3, 0.4) is 0 Å². The Morgan fingerprint density at radius 3 is 2.54 bits per heavy atom. The minimum Gasteiger partial charge on any atom is -0.464 e. The van der Waals surface area contributed by atoms with Crippen LogP contribution in [0.4, 0.5) is 0 Å². The Hall–Kier alpha value is -2.73. The summed E-state index contributed by atoms with van der Waals surface area (Å²) in [6, 6.07) is 7.20. The second kappa shape index (κ2) is 14.1. The molecule has 216 valence electrons. The van der Waals surface area contributed by atoms with Crippen LogP contribution in [0, 0.1) is 5.92 Å². The van der Waals surface area contributed by atoms with Crippen LogP contribution in [0.5, 0.6) is 5.75 Å². The molecule has 12 nitrogen and oxygen atoms in total. The summed E-state index contributed by atoms with van der Waals surface area (Å²) < 4.78 is 36.2. The Balaban J connectivity index is 1.69. The van der Waals surface area contributed by atoms with Crippen molar-refractivity contribution in [3.8, 4) is 5.75 Å². The monoisotopic (exact) mass is 567 g/mol. The number of aliphatic hydroxyl groups is 2. The van der Waals surface area contributed by atoms with Crippen LogP contribution >= 0.6 is 7.75 Å². The number of nitrogens with one attached hydrogen (secondary N) is 1. The minimum atomic E-state index is -4.21. The third-order valence-corrected chi connectivity index (χ3v) is 8.21. The molecule has 0 aliphatic carbocycles. The fraction of sp³-hybridized carbons (Fsp3) is 0.538. The Kier molecular flexibility index (Phi) is 11.1. The summed E-state index contributed by atoms with van der Waals surface area (Å²) in [5, 5.41) is 23.8. The Bertz CT molecular complexity index is 1080. The molecule has 6 atom stereocenters. The standard InChI is InChI=1S/C26H38N3O9P/c1-4-18(5-2)15-35-26(33)17(3)28-39(34,38-20-11-7-6-8-12-20)36-16-21-22(30)23(31)25(37-21)29-13-9-10-19(14-29)24(27)32/h6-9,11-14,17-18,21-23,25,30-31H,4-5,10,15-16H2,1-3H3,(H2,27,32)(H,28,34)/t17-,21+,22+,23+,25+,39?/m0/s1. The summed E-state index contributed by atoms with van der Waals surface area (Å²) >= 11 is 0. The molecular formula is C26H38N3O9P. The van der Waals surface area contributed by atoms with Crippen molar-refractivity contribution in [2.45, 2.75) is 70.6 Å². The van der Waals surface area contributed by atoms with Gasteiger partial charge in [-0.1, -0.05) is 51.0 Å². The Labute approximate surface area is 228 Å². The van der Waals surface area contributed by atoms with Gasteiger partial charge in [0.2, 0.25) is 5.91 Å². The van der Waals surface area contributed by atoms with E-state index in [4.69, 9.17) is 24.3 Å². The van der Waals surface area contributed by atoms with Crippen molar-refractivity contribution in [3.05, 3.63) is 54.4 Å². The SMILES string of the molecule is CCC(CC)COC(=O)[C@H](C)NP(=O)(OC[C@H]1O[C@@H](N2C=CCC(C(N)=O)=C2)[C@H](O)[C@@H]1O)Oc1ccccc1.